The number of amides is 3. The van der Waals surface area contributed by atoms with Gasteiger partial charge in [0, 0.05) is 90.2 Å². The lowest BCUT2D eigenvalue weighted by atomic mass is 9.74. The molecule has 3 aliphatic carbocycles. The summed E-state index contributed by atoms with van der Waals surface area (Å²) < 4.78 is 0. The highest BCUT2D eigenvalue weighted by Crippen LogP contribution is 2.38. The second kappa shape index (κ2) is 31.7. The van der Waals surface area contributed by atoms with Crippen LogP contribution >= 0.6 is 0 Å². The Labute approximate surface area is 502 Å². The van der Waals surface area contributed by atoms with E-state index in [9.17, 15) is 43.2 Å². The number of aromatic amines is 1. The molecule has 7 aliphatic rings. The largest absolute Gasteiger partial charge is 0.367 e. The van der Waals surface area contributed by atoms with Crippen LogP contribution in [0.15, 0.2) is 122 Å². The van der Waals surface area contributed by atoms with Gasteiger partial charge in [-0.25, -0.2) is 10.4 Å². The Morgan fingerprint density at radius 2 is 1.21 bits per heavy atom. The number of rotatable bonds is 1. The van der Waals surface area contributed by atoms with Crippen LogP contribution in [0, 0.1) is 38.9 Å². The fraction of sp³-hybridized carbons (Fsp3) is 0.559. The number of piperidine rings is 1. The molecule has 1 fully saturated rings. The van der Waals surface area contributed by atoms with Crippen LogP contribution in [0.2, 0.25) is 0 Å². The van der Waals surface area contributed by atoms with Crippen molar-refractivity contribution in [2.24, 2.45) is 49.0 Å². The predicted octanol–water partition coefficient (Wildman–Crippen LogP) is 12.5. The number of nitrogens with one attached hydrogen (secondary N) is 4. The summed E-state index contributed by atoms with van der Waals surface area (Å²) in [5.41, 5.74) is 10.2. The van der Waals surface area contributed by atoms with Crippen LogP contribution < -0.4 is 21.6 Å². The van der Waals surface area contributed by atoms with Gasteiger partial charge in [0.25, 0.3) is 5.56 Å². The van der Waals surface area contributed by atoms with Gasteiger partial charge < -0.3 is 10.3 Å². The quantitative estimate of drug-likeness (QED) is 0.152. The Hall–Kier alpha value is -7.10. The maximum absolute atomic E-state index is 12.0. The first-order chi connectivity index (χ1) is 38.0. The molecule has 1 aromatic rings. The van der Waals surface area contributed by atoms with E-state index in [1.807, 2.05) is 146 Å². The van der Waals surface area contributed by atoms with Crippen LogP contribution in [0.25, 0.3) is 0 Å². The standard InChI is InChI=1S/C14H18O2.C10H15N.C10H14O.C9H15NO2.C9H13NO.C8H12N2O.C7H10N2O2.CH4/c1-14(2,3)11-8-10-9(7-13(11)16)5-4-6-12(10)15;1-8-5-6-11-7-9(8)10(2,3)4;1-10(2,3)8-6-4-5-7-9(8)11;1-9(2,3)6-4-5-7(11)10-8(6)12;1-9(2,3)7-4-5-10-6-8(7)11;1-8(2,3)6-4-9-5-10-7(6)11;1-4(2)7-5(10)3-6(11)8-9-7;/h8H,4-7H2,1-3H3;5-7,11H,1H2,2-4H3;4-6H,7H2,1-3H3;6H,4-5H2,1-3H3,(H,10,11,12);4-5H,6H2,1-3H3;4-5H,1-3H3,(H,9,10,11);4H,3H2,1-2H3,(H,8,11);1H4. The van der Waals surface area contributed by atoms with E-state index in [-0.39, 0.29) is 110 Å². The van der Waals surface area contributed by atoms with Crippen molar-refractivity contribution in [3.63, 3.8) is 0 Å². The molecule has 0 aromatic carbocycles. The third-order valence-corrected chi connectivity index (χ3v) is 13.9. The maximum Gasteiger partial charge on any atom is 0.254 e. The SMILES string of the molecule is C.C=C1C=CNC=C1C(C)(C)C.CC(C)(C)C1=CC2=C(CCCC2=O)CC1=O.CC(C)(C)C1=CC=CCC1=O.CC(C)(C)C1=CC=NCC1=O.CC(C)(C)C1CCC(=O)NC1=O.CC(C)(C)c1cnc[nH]c1=O.CC(C)C1=NNC(=O)CC1=O. The second-order valence-corrected chi connectivity index (χ2v) is 27.9. The highest BCUT2D eigenvalue weighted by molar-refractivity contribution is 6.44. The summed E-state index contributed by atoms with van der Waals surface area (Å²) in [6, 6.07) is 0. The number of dihydropyridines is 2. The molecule has 3 amide bonds. The Morgan fingerprint density at radius 3 is 1.64 bits per heavy atom. The average Bonchev–Trinajstić information content (AvgIpc) is 3.56. The minimum atomic E-state index is -0.320. The smallest absolute Gasteiger partial charge is 0.254 e. The second-order valence-electron chi connectivity index (χ2n) is 27.9. The van der Waals surface area contributed by atoms with Gasteiger partial charge >= 0.3 is 0 Å². The lowest BCUT2D eigenvalue weighted by Gasteiger charge is -2.31. The van der Waals surface area contributed by atoms with Crippen molar-refractivity contribution in [3.05, 3.63) is 123 Å². The van der Waals surface area contributed by atoms with Crippen LogP contribution in [0.5, 0.6) is 0 Å². The number of aromatic nitrogens is 2. The number of hydrogen-bond acceptors (Lipinski definition) is 13. The Balaban J connectivity index is 0.000000491. The van der Waals surface area contributed by atoms with Crippen LogP contribution in [0.3, 0.4) is 0 Å². The molecule has 0 radical (unpaired) electrons. The molecule has 0 saturated carbocycles. The Bertz CT molecular complexity index is 2910. The third kappa shape index (κ3) is 24.6. The highest BCUT2D eigenvalue weighted by atomic mass is 16.2. The summed E-state index contributed by atoms with van der Waals surface area (Å²) in [7, 11) is 0. The average molecular weight is 1160 g/mol. The molecular formula is C68H101N7O9. The Morgan fingerprint density at radius 1 is 0.631 bits per heavy atom. The molecule has 16 heteroatoms. The number of allylic oxidation sites excluding steroid dienone is 12. The van der Waals surface area contributed by atoms with Gasteiger partial charge in [-0.15, -0.1) is 0 Å². The lowest BCUT2D eigenvalue weighted by molar-refractivity contribution is -0.139. The van der Waals surface area contributed by atoms with Crippen LogP contribution in [0.1, 0.15) is 203 Å². The topological polar surface area (TPSA) is 243 Å². The number of imide groups is 1. The van der Waals surface area contributed by atoms with Crippen molar-refractivity contribution in [3.8, 4) is 0 Å². The summed E-state index contributed by atoms with van der Waals surface area (Å²) in [5.74, 6) is 0.164. The molecule has 0 spiro atoms. The number of nitrogens with zero attached hydrogens (tertiary/aromatic N) is 3. The fourth-order valence-corrected chi connectivity index (χ4v) is 9.23. The van der Waals surface area contributed by atoms with Crippen molar-refractivity contribution in [2.45, 2.75) is 203 Å². The molecule has 462 valence electrons. The molecule has 8 rings (SSSR count). The van der Waals surface area contributed by atoms with E-state index in [0.717, 1.165) is 51.8 Å². The number of carbonyl (C=O) groups excluding carboxylic acids is 8. The first-order valence-electron chi connectivity index (χ1n) is 28.7. The highest BCUT2D eigenvalue weighted by Gasteiger charge is 2.36. The summed E-state index contributed by atoms with van der Waals surface area (Å²) in [5, 5.41) is 9.08. The molecule has 4 aliphatic heterocycles. The van der Waals surface area contributed by atoms with E-state index < -0.39 is 0 Å². The minimum absolute atomic E-state index is 0. The number of carbonyl (C=O) groups is 8. The first kappa shape index (κ1) is 74.9. The lowest BCUT2D eigenvalue weighted by Crippen LogP contribution is -2.45. The Kier molecular flexibility index (Phi) is 28.3. The zero-order valence-electron chi connectivity index (χ0n) is 53.6. The van der Waals surface area contributed by atoms with Crippen molar-refractivity contribution < 1.29 is 38.4 Å². The first-order valence-corrected chi connectivity index (χ1v) is 28.7. The number of hydrazone groups is 1. The van der Waals surface area contributed by atoms with Crippen LogP contribution in [-0.2, 0) is 43.8 Å². The van der Waals surface area contributed by atoms with Gasteiger partial charge in [-0.3, -0.25) is 53.5 Å². The molecule has 84 heavy (non-hydrogen) atoms. The summed E-state index contributed by atoms with van der Waals surface area (Å²) >= 11 is 0. The fourth-order valence-electron chi connectivity index (χ4n) is 9.23. The van der Waals surface area contributed by atoms with Crippen molar-refractivity contribution >= 4 is 58.6 Å². The predicted molar refractivity (Wildman–Crippen MR) is 340 cm³/mol. The number of hydrogen-bond donors (Lipinski definition) is 4. The number of H-pyrrole nitrogens is 1. The molecular weight excluding hydrogens is 1060 g/mol. The van der Waals surface area contributed by atoms with Crippen molar-refractivity contribution in [1.82, 2.24) is 26.0 Å². The van der Waals surface area contributed by atoms with Gasteiger partial charge in [0.15, 0.2) is 28.9 Å². The van der Waals surface area contributed by atoms with E-state index in [1.165, 1.54) is 11.9 Å². The number of Topliss-reactive ketones (excluding diaryl/α,β-unsaturated/α-hetero) is 5. The van der Waals surface area contributed by atoms with E-state index in [4.69, 9.17) is 0 Å². The summed E-state index contributed by atoms with van der Waals surface area (Å²) in [6.07, 6.45) is 24.7. The zero-order chi connectivity index (χ0) is 63.6. The molecule has 1 atom stereocenters. The number of aliphatic imine (C=N–C) groups is 1. The normalized spacial score (nSPS) is 18.9. The molecule has 1 aromatic heterocycles. The minimum Gasteiger partial charge on any atom is -0.367 e. The monoisotopic (exact) mass is 1160 g/mol. The summed E-state index contributed by atoms with van der Waals surface area (Å²) in [6.45, 7) is 45.0. The van der Waals surface area contributed by atoms with E-state index >= 15 is 0 Å². The van der Waals surface area contributed by atoms with Gasteiger partial charge in [-0.1, -0.05) is 176 Å². The summed E-state index contributed by atoms with van der Waals surface area (Å²) in [4.78, 5) is 112. The van der Waals surface area contributed by atoms with E-state index in [0.29, 0.717) is 44.4 Å². The number of ketones is 5. The molecule has 1 unspecified atom stereocenters. The van der Waals surface area contributed by atoms with E-state index in [1.54, 1.807) is 12.4 Å². The molecule has 0 bridgehead atoms. The third-order valence-electron chi connectivity index (χ3n) is 13.9. The van der Waals surface area contributed by atoms with Gasteiger partial charge in [-0.2, -0.15) is 5.10 Å². The molecule has 4 N–H and O–H groups in total. The van der Waals surface area contributed by atoms with Crippen LogP contribution in [0.4, 0.5) is 0 Å². The van der Waals surface area contributed by atoms with Crippen molar-refractivity contribution in [1.29, 1.82) is 0 Å². The van der Waals surface area contributed by atoms with Gasteiger partial charge in [0.05, 0.1) is 12.7 Å². The molecule has 1 saturated heterocycles. The van der Waals surface area contributed by atoms with Crippen LogP contribution in [-0.4, -0.2) is 75.1 Å². The van der Waals surface area contributed by atoms with Crippen molar-refractivity contribution in [2.75, 3.05) is 6.54 Å². The molecule has 5 heterocycles. The van der Waals surface area contributed by atoms with Gasteiger partial charge in [0.1, 0.15) is 12.3 Å². The zero-order valence-corrected chi connectivity index (χ0v) is 53.6. The van der Waals surface area contributed by atoms with E-state index in [2.05, 4.69) is 84.2 Å². The van der Waals surface area contributed by atoms with Gasteiger partial charge in [-0.05, 0) is 81.1 Å². The maximum atomic E-state index is 12.0. The van der Waals surface area contributed by atoms with Gasteiger partial charge in [0.2, 0.25) is 17.7 Å². The molecule has 16 nitrogen and oxygen atoms in total.